The first kappa shape index (κ1) is 17.9. The molecule has 1 atom stereocenters. The first-order valence-corrected chi connectivity index (χ1v) is 7.13. The van der Waals surface area contributed by atoms with Gasteiger partial charge in [0, 0.05) is 17.7 Å². The number of rotatable bonds is 6. The minimum absolute atomic E-state index is 0.145. The van der Waals surface area contributed by atoms with Crippen LogP contribution in [0.2, 0.25) is 0 Å². The molecule has 0 N–H and O–H groups in total. The zero-order chi connectivity index (χ0) is 18.4. The molecule has 2 aromatic carbocycles. The maximum atomic E-state index is 12.2. The van der Waals surface area contributed by atoms with E-state index in [-0.39, 0.29) is 16.8 Å². The predicted molar refractivity (Wildman–Crippen MR) is 86.3 cm³/mol. The summed E-state index contributed by atoms with van der Waals surface area (Å²) in [5, 5.41) is 10.7. The summed E-state index contributed by atoms with van der Waals surface area (Å²) in [6, 6.07) is 11.2. The Morgan fingerprint density at radius 1 is 1.00 bits per heavy atom. The van der Waals surface area contributed by atoms with E-state index >= 15 is 0 Å². The molecule has 0 heterocycles. The quantitative estimate of drug-likeness (QED) is 0.450. The fraction of sp³-hybridized carbons (Fsp3) is 0.176. The summed E-state index contributed by atoms with van der Waals surface area (Å²) in [6.45, 7) is 0. The normalized spacial score (nSPS) is 11.3. The van der Waals surface area contributed by atoms with Crippen molar-refractivity contribution in [2.75, 3.05) is 14.2 Å². The highest BCUT2D eigenvalue weighted by Crippen LogP contribution is 2.24. The number of nitro benzene ring substituents is 1. The van der Waals surface area contributed by atoms with E-state index in [2.05, 4.69) is 4.74 Å². The topological polar surface area (TPSA) is 105 Å². The van der Waals surface area contributed by atoms with Gasteiger partial charge in [-0.15, -0.1) is 0 Å². The molecule has 0 radical (unpaired) electrons. The van der Waals surface area contributed by atoms with Crippen LogP contribution >= 0.6 is 0 Å². The molecule has 8 nitrogen and oxygen atoms in total. The molecule has 0 aliphatic rings. The minimum atomic E-state index is -1.33. The van der Waals surface area contributed by atoms with E-state index in [0.717, 1.165) is 7.11 Å². The maximum absolute atomic E-state index is 12.2. The van der Waals surface area contributed by atoms with Crippen LogP contribution in [0.1, 0.15) is 22.0 Å². The lowest BCUT2D eigenvalue weighted by molar-refractivity contribution is -0.384. The Morgan fingerprint density at radius 3 is 2.08 bits per heavy atom. The third-order valence-corrected chi connectivity index (χ3v) is 3.37. The molecule has 25 heavy (non-hydrogen) atoms. The molecule has 0 aliphatic heterocycles. The monoisotopic (exact) mass is 345 g/mol. The first-order valence-electron chi connectivity index (χ1n) is 7.13. The number of hydrogen-bond donors (Lipinski definition) is 0. The lowest BCUT2D eigenvalue weighted by Crippen LogP contribution is -2.21. The summed E-state index contributed by atoms with van der Waals surface area (Å²) in [5.74, 6) is -0.969. The highest BCUT2D eigenvalue weighted by Gasteiger charge is 2.27. The minimum Gasteiger partial charge on any atom is -0.497 e. The number of benzene rings is 2. The van der Waals surface area contributed by atoms with Gasteiger partial charge in [0.2, 0.25) is 6.10 Å². The molecule has 1 unspecified atom stereocenters. The molecule has 0 fully saturated rings. The summed E-state index contributed by atoms with van der Waals surface area (Å²) in [5.41, 5.74) is 0.338. The number of nitrogens with zero attached hydrogens (tertiary/aromatic N) is 1. The van der Waals surface area contributed by atoms with E-state index in [1.807, 2.05) is 0 Å². The number of ether oxygens (including phenoxy) is 3. The van der Waals surface area contributed by atoms with Gasteiger partial charge >= 0.3 is 11.9 Å². The third-order valence-electron chi connectivity index (χ3n) is 3.37. The second kappa shape index (κ2) is 7.91. The number of esters is 2. The standard InChI is InChI=1S/C17H15NO7/c1-23-14-9-5-12(6-10-14)16(19)25-15(17(20)24-2)11-3-7-13(8-4-11)18(21)22/h3-10,15H,1-2H3. The maximum Gasteiger partial charge on any atom is 0.351 e. The van der Waals surface area contributed by atoms with Gasteiger partial charge in [0.25, 0.3) is 5.69 Å². The molecule has 8 heteroatoms. The summed E-state index contributed by atoms with van der Waals surface area (Å²) >= 11 is 0. The lowest BCUT2D eigenvalue weighted by atomic mass is 10.1. The molecular weight excluding hydrogens is 330 g/mol. The molecule has 0 spiro atoms. The average Bonchev–Trinajstić information content (AvgIpc) is 2.65. The summed E-state index contributed by atoms with van der Waals surface area (Å²) in [7, 11) is 2.65. The van der Waals surface area contributed by atoms with Crippen LogP contribution in [-0.4, -0.2) is 31.1 Å². The van der Waals surface area contributed by atoms with Crippen LogP contribution in [-0.2, 0) is 14.3 Å². The number of carbonyl (C=O) groups is 2. The Kier molecular flexibility index (Phi) is 5.67. The second-order valence-electron chi connectivity index (χ2n) is 4.89. The van der Waals surface area contributed by atoms with Gasteiger partial charge in [0.15, 0.2) is 0 Å². The molecule has 2 rings (SSSR count). The molecular formula is C17H15NO7. The van der Waals surface area contributed by atoms with Crippen molar-refractivity contribution in [3.8, 4) is 5.75 Å². The molecule has 130 valence electrons. The Hall–Kier alpha value is -3.42. The van der Waals surface area contributed by atoms with E-state index in [0.29, 0.717) is 5.75 Å². The van der Waals surface area contributed by atoms with Gasteiger partial charge in [-0.05, 0) is 36.4 Å². The average molecular weight is 345 g/mol. The predicted octanol–water partition coefficient (Wildman–Crippen LogP) is 2.67. The zero-order valence-electron chi connectivity index (χ0n) is 13.5. The Labute approximate surface area is 143 Å². The van der Waals surface area contributed by atoms with Crippen LogP contribution in [0.15, 0.2) is 48.5 Å². The van der Waals surface area contributed by atoms with Gasteiger partial charge < -0.3 is 14.2 Å². The zero-order valence-corrected chi connectivity index (χ0v) is 13.5. The molecule has 0 aromatic heterocycles. The van der Waals surface area contributed by atoms with Crippen molar-refractivity contribution in [3.05, 3.63) is 69.8 Å². The van der Waals surface area contributed by atoms with Gasteiger partial charge in [-0.2, -0.15) is 0 Å². The Balaban J connectivity index is 2.23. The van der Waals surface area contributed by atoms with Crippen molar-refractivity contribution in [1.82, 2.24) is 0 Å². The molecule has 0 saturated carbocycles. The second-order valence-corrected chi connectivity index (χ2v) is 4.89. The fourth-order valence-corrected chi connectivity index (χ4v) is 2.03. The first-order chi connectivity index (χ1) is 12.0. The van der Waals surface area contributed by atoms with Gasteiger partial charge in [0.1, 0.15) is 5.75 Å². The van der Waals surface area contributed by atoms with Crippen molar-refractivity contribution in [1.29, 1.82) is 0 Å². The van der Waals surface area contributed by atoms with Crippen LogP contribution in [0.5, 0.6) is 5.75 Å². The van der Waals surface area contributed by atoms with Crippen LogP contribution in [0, 0.1) is 10.1 Å². The third kappa shape index (κ3) is 4.31. The number of carbonyl (C=O) groups excluding carboxylic acids is 2. The number of non-ortho nitro benzene ring substituents is 1. The molecule has 0 amide bonds. The molecule has 0 saturated heterocycles. The van der Waals surface area contributed by atoms with E-state index in [9.17, 15) is 19.7 Å². The van der Waals surface area contributed by atoms with Crippen molar-refractivity contribution in [2.45, 2.75) is 6.10 Å². The van der Waals surface area contributed by atoms with Crippen LogP contribution in [0.25, 0.3) is 0 Å². The Bertz CT molecular complexity index is 769. The largest absolute Gasteiger partial charge is 0.497 e. The smallest absolute Gasteiger partial charge is 0.351 e. The van der Waals surface area contributed by atoms with E-state index in [1.165, 1.54) is 43.5 Å². The van der Waals surface area contributed by atoms with Gasteiger partial charge in [-0.25, -0.2) is 9.59 Å². The highest BCUT2D eigenvalue weighted by molar-refractivity contribution is 5.91. The van der Waals surface area contributed by atoms with E-state index in [4.69, 9.17) is 9.47 Å². The van der Waals surface area contributed by atoms with Crippen LogP contribution in [0.4, 0.5) is 5.69 Å². The lowest BCUT2D eigenvalue weighted by Gasteiger charge is -2.16. The highest BCUT2D eigenvalue weighted by atomic mass is 16.6. The Morgan fingerprint density at radius 2 is 1.60 bits per heavy atom. The van der Waals surface area contributed by atoms with Crippen molar-refractivity contribution >= 4 is 17.6 Å². The number of nitro groups is 1. The molecule has 0 aliphatic carbocycles. The van der Waals surface area contributed by atoms with Crippen LogP contribution < -0.4 is 4.74 Å². The summed E-state index contributed by atoms with van der Waals surface area (Å²) < 4.78 is 14.9. The van der Waals surface area contributed by atoms with Crippen molar-refractivity contribution in [3.63, 3.8) is 0 Å². The van der Waals surface area contributed by atoms with E-state index < -0.39 is 23.0 Å². The summed E-state index contributed by atoms with van der Waals surface area (Å²) in [4.78, 5) is 34.3. The van der Waals surface area contributed by atoms with Gasteiger partial charge in [-0.1, -0.05) is 0 Å². The SMILES string of the molecule is COC(=O)C(OC(=O)c1ccc(OC)cc1)c1ccc([N+](=O)[O-])cc1. The van der Waals surface area contributed by atoms with E-state index in [1.54, 1.807) is 12.1 Å². The fourth-order valence-electron chi connectivity index (χ4n) is 2.03. The van der Waals surface area contributed by atoms with Gasteiger partial charge in [-0.3, -0.25) is 10.1 Å². The number of methoxy groups -OCH3 is 2. The summed E-state index contributed by atoms with van der Waals surface area (Å²) in [6.07, 6.45) is -1.33. The molecule has 0 bridgehead atoms. The van der Waals surface area contributed by atoms with Crippen LogP contribution in [0.3, 0.4) is 0 Å². The molecule has 2 aromatic rings. The van der Waals surface area contributed by atoms with Gasteiger partial charge in [0.05, 0.1) is 24.7 Å². The number of hydrogen-bond acceptors (Lipinski definition) is 7. The van der Waals surface area contributed by atoms with Crippen molar-refractivity contribution < 1.29 is 28.7 Å². The van der Waals surface area contributed by atoms with Crippen molar-refractivity contribution in [2.24, 2.45) is 0 Å².